The summed E-state index contributed by atoms with van der Waals surface area (Å²) in [4.78, 5) is 36.3. The number of H-pyrrole nitrogens is 1. The van der Waals surface area contributed by atoms with Crippen LogP contribution < -0.4 is 16.2 Å². The van der Waals surface area contributed by atoms with E-state index in [1.165, 1.54) is 13.3 Å². The van der Waals surface area contributed by atoms with Crippen LogP contribution in [0.15, 0.2) is 59.7 Å². The lowest BCUT2D eigenvalue weighted by Crippen LogP contribution is -2.24. The van der Waals surface area contributed by atoms with Gasteiger partial charge in [-0.15, -0.1) is 0 Å². The fourth-order valence-corrected chi connectivity index (χ4v) is 5.58. The zero-order valence-corrected chi connectivity index (χ0v) is 20.8. The highest BCUT2D eigenvalue weighted by Gasteiger charge is 2.35. The second-order valence-electron chi connectivity index (χ2n) is 9.81. The average molecular weight is 525 g/mol. The van der Waals surface area contributed by atoms with Crippen molar-refractivity contribution < 1.29 is 19.7 Å². The number of aromatic nitrogens is 4. The summed E-state index contributed by atoms with van der Waals surface area (Å²) < 4.78 is 7.35. The van der Waals surface area contributed by atoms with Crippen molar-refractivity contribution in [3.63, 3.8) is 0 Å². The van der Waals surface area contributed by atoms with E-state index in [1.807, 2.05) is 36.4 Å². The van der Waals surface area contributed by atoms with Gasteiger partial charge in [-0.3, -0.25) is 19.1 Å². The largest absolute Gasteiger partial charge is 0.394 e. The lowest BCUT2D eigenvalue weighted by molar-refractivity contribution is -0.114. The molecular weight excluding hydrogens is 500 g/mol. The number of fused-ring (bicyclic) bond motifs is 1. The summed E-state index contributed by atoms with van der Waals surface area (Å²) in [6.07, 6.45) is -0.465. The molecule has 6 aromatic rings. The molecule has 0 spiro atoms. The van der Waals surface area contributed by atoms with Crippen LogP contribution in [0.4, 0.5) is 17.3 Å². The topological polar surface area (TPSA) is 154 Å². The Kier molecular flexibility index (Phi) is 5.27. The molecule has 2 aromatic heterocycles. The number of hydrogen-bond donors (Lipinski definition) is 5. The van der Waals surface area contributed by atoms with Gasteiger partial charge in [-0.2, -0.15) is 4.98 Å². The number of aliphatic hydroxyl groups excluding tert-OH is 2. The van der Waals surface area contributed by atoms with Gasteiger partial charge in [-0.05, 0) is 33.7 Å². The first kappa shape index (κ1) is 23.5. The molecule has 196 valence electrons. The molecule has 5 N–H and O–H groups in total. The summed E-state index contributed by atoms with van der Waals surface area (Å²) >= 11 is 0. The van der Waals surface area contributed by atoms with Gasteiger partial charge in [0.25, 0.3) is 5.56 Å². The monoisotopic (exact) mass is 524 g/mol. The highest BCUT2D eigenvalue weighted by atomic mass is 16.5. The number of carbonyl (C=O) groups is 1. The van der Waals surface area contributed by atoms with Crippen LogP contribution in [0.5, 0.6) is 0 Å². The number of amides is 1. The van der Waals surface area contributed by atoms with Crippen molar-refractivity contribution in [2.45, 2.75) is 31.8 Å². The first-order chi connectivity index (χ1) is 18.9. The zero-order valence-electron chi connectivity index (χ0n) is 20.8. The third-order valence-electron chi connectivity index (χ3n) is 7.36. The maximum atomic E-state index is 12.9. The van der Waals surface area contributed by atoms with Crippen molar-refractivity contribution in [2.24, 2.45) is 0 Å². The van der Waals surface area contributed by atoms with Crippen molar-refractivity contribution in [3.8, 4) is 0 Å². The Bertz CT molecular complexity index is 1960. The lowest BCUT2D eigenvalue weighted by Gasteiger charge is -2.17. The molecule has 0 saturated carbocycles. The fraction of sp³-hybridized carbons (Fsp3) is 0.214. The van der Waals surface area contributed by atoms with E-state index in [2.05, 4.69) is 37.7 Å². The van der Waals surface area contributed by atoms with Crippen LogP contribution in [0, 0.1) is 0 Å². The molecule has 1 saturated heterocycles. The summed E-state index contributed by atoms with van der Waals surface area (Å²) in [5.41, 5.74) is 1.51. The molecule has 11 nitrogen and oxygen atoms in total. The van der Waals surface area contributed by atoms with Gasteiger partial charge in [0.1, 0.15) is 12.3 Å². The maximum absolute atomic E-state index is 12.9. The molecule has 3 atom stereocenters. The standard InChI is InChI=1S/C28H24N6O5/c1-13(36)30-18-8-4-14-2-3-15-5-9-19(17-7-6-16(18)23(14)24(15)17)31-28-32-26-25(27(38)33-28)29-12-34(26)22-10-20(37)21(11-35)39-22/h2-9,12,20-22,35,37H,10-11H2,1H3,(H,30,36)(H2,31,32,33,38)/t20-,21+,22+/m0/s1. The first-order valence-corrected chi connectivity index (χ1v) is 12.6. The number of carbonyl (C=O) groups excluding carboxylic acids is 1. The average Bonchev–Trinajstić information content (AvgIpc) is 3.52. The number of aromatic amines is 1. The van der Waals surface area contributed by atoms with E-state index in [1.54, 1.807) is 4.57 Å². The van der Waals surface area contributed by atoms with Crippen LogP contribution in [0.3, 0.4) is 0 Å². The smallest absolute Gasteiger partial charge is 0.280 e. The fourth-order valence-electron chi connectivity index (χ4n) is 5.58. The highest BCUT2D eigenvalue weighted by Crippen LogP contribution is 2.40. The van der Waals surface area contributed by atoms with Gasteiger partial charge in [0.15, 0.2) is 11.2 Å². The second kappa shape index (κ2) is 8.73. The number of hydrogen-bond acceptors (Lipinski definition) is 8. The van der Waals surface area contributed by atoms with Gasteiger partial charge in [0.2, 0.25) is 11.9 Å². The van der Waals surface area contributed by atoms with Crippen LogP contribution in [0.25, 0.3) is 43.5 Å². The molecule has 1 fully saturated rings. The number of imidazole rings is 1. The van der Waals surface area contributed by atoms with Gasteiger partial charge in [0.05, 0.1) is 19.0 Å². The summed E-state index contributed by atoms with van der Waals surface area (Å²) in [7, 11) is 0. The van der Waals surface area contributed by atoms with Crippen molar-refractivity contribution >= 4 is 66.7 Å². The molecule has 1 aliphatic rings. The summed E-state index contributed by atoms with van der Waals surface area (Å²) in [5, 5.41) is 31.8. The summed E-state index contributed by atoms with van der Waals surface area (Å²) in [6, 6.07) is 15.9. The van der Waals surface area contributed by atoms with Gasteiger partial charge in [-0.25, -0.2) is 4.98 Å². The minimum absolute atomic E-state index is 0.138. The Morgan fingerprint density at radius 3 is 2.41 bits per heavy atom. The number of rotatable bonds is 5. The Morgan fingerprint density at radius 2 is 1.74 bits per heavy atom. The van der Waals surface area contributed by atoms with Gasteiger partial charge >= 0.3 is 0 Å². The number of aliphatic hydroxyl groups is 2. The maximum Gasteiger partial charge on any atom is 0.280 e. The quantitative estimate of drug-likeness (QED) is 0.215. The van der Waals surface area contributed by atoms with Gasteiger partial charge in [-0.1, -0.05) is 36.4 Å². The molecular formula is C28H24N6O5. The normalized spacial score (nSPS) is 19.5. The van der Waals surface area contributed by atoms with Crippen molar-refractivity contribution in [2.75, 3.05) is 17.2 Å². The van der Waals surface area contributed by atoms with Crippen molar-refractivity contribution in [1.29, 1.82) is 0 Å². The van der Waals surface area contributed by atoms with Crippen LogP contribution >= 0.6 is 0 Å². The second-order valence-corrected chi connectivity index (χ2v) is 9.81. The van der Waals surface area contributed by atoms with Crippen molar-refractivity contribution in [1.82, 2.24) is 19.5 Å². The Balaban J connectivity index is 1.34. The number of nitrogens with zero attached hydrogens (tertiary/aromatic N) is 3. The Labute approximate surface area is 220 Å². The third-order valence-corrected chi connectivity index (χ3v) is 7.36. The number of ether oxygens (including phenoxy) is 1. The van der Waals surface area contributed by atoms with E-state index in [0.29, 0.717) is 5.65 Å². The van der Waals surface area contributed by atoms with E-state index >= 15 is 0 Å². The molecule has 39 heavy (non-hydrogen) atoms. The molecule has 0 bridgehead atoms. The van der Waals surface area contributed by atoms with Crippen LogP contribution in [-0.4, -0.2) is 54.5 Å². The predicted octanol–water partition coefficient (Wildman–Crippen LogP) is 3.36. The van der Waals surface area contributed by atoms with E-state index in [4.69, 9.17) is 4.74 Å². The summed E-state index contributed by atoms with van der Waals surface area (Å²) in [6.45, 7) is 1.18. The SMILES string of the molecule is CC(=O)Nc1ccc2ccc3ccc(Nc4nc5c(ncn5[C@H]5C[C@H](O)[C@@H](CO)O5)c(=O)[nH]4)c4ccc1c2c34. The zero-order chi connectivity index (χ0) is 26.8. The molecule has 3 heterocycles. The van der Waals surface area contributed by atoms with Gasteiger partial charge < -0.3 is 25.6 Å². The minimum atomic E-state index is -0.833. The van der Waals surface area contributed by atoms with Crippen LogP contribution in [-0.2, 0) is 9.53 Å². The predicted molar refractivity (Wildman–Crippen MR) is 148 cm³/mol. The van der Waals surface area contributed by atoms with Crippen LogP contribution in [0.1, 0.15) is 19.6 Å². The molecule has 1 amide bonds. The van der Waals surface area contributed by atoms with E-state index in [9.17, 15) is 19.8 Å². The number of benzene rings is 4. The molecule has 0 unspecified atom stereocenters. The highest BCUT2D eigenvalue weighted by molar-refractivity contribution is 6.27. The van der Waals surface area contributed by atoms with E-state index in [0.717, 1.165) is 43.7 Å². The molecule has 11 heteroatoms. The lowest BCUT2D eigenvalue weighted by atomic mass is 9.92. The molecule has 7 rings (SSSR count). The molecule has 4 aromatic carbocycles. The molecule has 1 aliphatic heterocycles. The summed E-state index contributed by atoms with van der Waals surface area (Å²) in [5.74, 6) is 0.0851. The first-order valence-electron chi connectivity index (χ1n) is 12.6. The number of anilines is 3. The third kappa shape index (κ3) is 3.70. The Hall–Kier alpha value is -4.58. The van der Waals surface area contributed by atoms with E-state index < -0.39 is 24.0 Å². The Morgan fingerprint density at radius 1 is 1.08 bits per heavy atom. The van der Waals surface area contributed by atoms with E-state index in [-0.39, 0.29) is 30.4 Å². The molecule has 0 aliphatic carbocycles. The minimum Gasteiger partial charge on any atom is -0.394 e. The van der Waals surface area contributed by atoms with Crippen LogP contribution in [0.2, 0.25) is 0 Å². The molecule has 0 radical (unpaired) electrons. The van der Waals surface area contributed by atoms with Crippen molar-refractivity contribution in [3.05, 3.63) is 65.2 Å². The van der Waals surface area contributed by atoms with Gasteiger partial charge in [0, 0.05) is 35.5 Å². The number of nitrogens with one attached hydrogen (secondary N) is 3.